The Hall–Kier alpha value is -2.15. The predicted octanol–water partition coefficient (Wildman–Crippen LogP) is 2.27. The molecule has 1 amide bonds. The molecule has 1 atom stereocenters. The van der Waals surface area contributed by atoms with Crippen molar-refractivity contribution in [1.29, 1.82) is 0 Å². The Bertz CT molecular complexity index is 733. The second-order valence-electron chi connectivity index (χ2n) is 7.05. The minimum atomic E-state index is -0.622. The van der Waals surface area contributed by atoms with E-state index in [0.29, 0.717) is 35.7 Å². The van der Waals surface area contributed by atoms with E-state index in [1.165, 1.54) is 0 Å². The van der Waals surface area contributed by atoms with Crippen LogP contribution in [-0.2, 0) is 21.3 Å². The molecule has 1 aromatic heterocycles. The summed E-state index contributed by atoms with van der Waals surface area (Å²) in [5.41, 5.74) is 2.15. The van der Waals surface area contributed by atoms with Gasteiger partial charge in [0.2, 0.25) is 5.91 Å². The summed E-state index contributed by atoms with van der Waals surface area (Å²) in [5.74, 6) is -0.589. The number of carbonyl (C=O) groups excluding carboxylic acids is 3. The second kappa shape index (κ2) is 8.69. The Labute approximate surface area is 160 Å². The molecule has 0 N–H and O–H groups in total. The zero-order chi connectivity index (χ0) is 20.3. The molecule has 7 nitrogen and oxygen atoms in total. The number of ketones is 1. The van der Waals surface area contributed by atoms with Crippen LogP contribution in [0, 0.1) is 19.8 Å². The maximum absolute atomic E-state index is 13.3. The van der Waals surface area contributed by atoms with E-state index in [1.807, 2.05) is 0 Å². The molecular weight excluding hydrogens is 348 g/mol. The minimum Gasteiger partial charge on any atom is -0.461 e. The van der Waals surface area contributed by atoms with E-state index in [-0.39, 0.29) is 24.2 Å². The monoisotopic (exact) mass is 378 g/mol. The number of rotatable bonds is 9. The lowest BCUT2D eigenvalue weighted by atomic mass is 9.99. The number of nitrogens with zero attached hydrogens (tertiary/aromatic N) is 2. The van der Waals surface area contributed by atoms with Crippen LogP contribution >= 0.6 is 0 Å². The number of amides is 1. The average Bonchev–Trinajstić information content (AvgIpc) is 3.43. The Kier molecular flexibility index (Phi) is 6.81. The van der Waals surface area contributed by atoms with Crippen LogP contribution in [0.3, 0.4) is 0 Å². The van der Waals surface area contributed by atoms with Crippen molar-refractivity contribution in [3.05, 3.63) is 22.5 Å². The number of methoxy groups -OCH3 is 1. The summed E-state index contributed by atoms with van der Waals surface area (Å²) in [6.07, 6.45) is 1.75. The maximum Gasteiger partial charge on any atom is 0.355 e. The van der Waals surface area contributed by atoms with Crippen LogP contribution in [0.5, 0.6) is 0 Å². The maximum atomic E-state index is 13.3. The smallest absolute Gasteiger partial charge is 0.355 e. The summed E-state index contributed by atoms with van der Waals surface area (Å²) in [7, 11) is 3.32. The number of ether oxygens (including phenoxy) is 2. The van der Waals surface area contributed by atoms with E-state index in [1.54, 1.807) is 51.3 Å². The van der Waals surface area contributed by atoms with Gasteiger partial charge >= 0.3 is 5.97 Å². The molecule has 27 heavy (non-hydrogen) atoms. The zero-order valence-corrected chi connectivity index (χ0v) is 17.1. The number of aromatic nitrogens is 1. The number of hydrogen-bond acceptors (Lipinski definition) is 5. The predicted molar refractivity (Wildman–Crippen MR) is 101 cm³/mol. The Morgan fingerprint density at radius 3 is 2.41 bits per heavy atom. The van der Waals surface area contributed by atoms with Crippen molar-refractivity contribution < 1.29 is 23.9 Å². The topological polar surface area (TPSA) is 77.8 Å². The van der Waals surface area contributed by atoms with Gasteiger partial charge in [-0.15, -0.1) is 0 Å². The lowest BCUT2D eigenvalue weighted by Gasteiger charge is -2.28. The number of hydrogen-bond donors (Lipinski definition) is 0. The van der Waals surface area contributed by atoms with E-state index in [9.17, 15) is 14.4 Å². The lowest BCUT2D eigenvalue weighted by molar-refractivity contribution is -0.134. The fraction of sp³-hybridized carbons (Fsp3) is 0.650. The first-order chi connectivity index (χ1) is 12.8. The number of esters is 1. The van der Waals surface area contributed by atoms with E-state index in [2.05, 4.69) is 0 Å². The van der Waals surface area contributed by atoms with Crippen molar-refractivity contribution in [2.24, 2.45) is 13.0 Å². The van der Waals surface area contributed by atoms with Crippen molar-refractivity contribution in [2.75, 3.05) is 26.9 Å². The molecule has 0 bridgehead atoms. The summed E-state index contributed by atoms with van der Waals surface area (Å²) in [6, 6.07) is -0.622. The highest BCUT2D eigenvalue weighted by Crippen LogP contribution is 2.32. The van der Waals surface area contributed by atoms with Crippen LogP contribution in [0.1, 0.15) is 58.8 Å². The van der Waals surface area contributed by atoms with Gasteiger partial charge in [0.1, 0.15) is 5.69 Å². The van der Waals surface area contributed by atoms with Gasteiger partial charge in [0, 0.05) is 37.9 Å². The molecule has 1 aromatic rings. The first kappa shape index (κ1) is 21.2. The molecule has 0 unspecified atom stereocenters. The van der Waals surface area contributed by atoms with Gasteiger partial charge in [0.25, 0.3) is 0 Å². The SMILES string of the molecule is CCOC(=O)c1c(C)c(C(=O)[C@H](C)N(CCOC)C(=O)C2CC2)c(C)n1C. The molecule has 1 fully saturated rings. The van der Waals surface area contributed by atoms with Gasteiger partial charge in [-0.25, -0.2) is 4.79 Å². The highest BCUT2D eigenvalue weighted by Gasteiger charge is 2.38. The van der Waals surface area contributed by atoms with Crippen molar-refractivity contribution in [1.82, 2.24) is 9.47 Å². The summed E-state index contributed by atoms with van der Waals surface area (Å²) in [6.45, 7) is 8.05. The van der Waals surface area contributed by atoms with E-state index < -0.39 is 12.0 Å². The first-order valence-electron chi connectivity index (χ1n) is 9.42. The molecule has 150 valence electrons. The van der Waals surface area contributed by atoms with Gasteiger partial charge in [0.05, 0.1) is 19.3 Å². The molecule has 0 aromatic carbocycles. The van der Waals surface area contributed by atoms with Crippen LogP contribution in [-0.4, -0.2) is 60.0 Å². The van der Waals surface area contributed by atoms with Crippen molar-refractivity contribution in [2.45, 2.75) is 46.6 Å². The van der Waals surface area contributed by atoms with Gasteiger partial charge in [-0.05, 0) is 46.1 Å². The quantitative estimate of drug-likeness (QED) is 0.487. The molecular formula is C20H30N2O5. The third-order valence-electron chi connectivity index (χ3n) is 5.24. The standard InChI is InChI=1S/C20H30N2O5/c1-7-27-20(25)17-12(2)16(13(3)21(17)5)18(23)14(4)22(10-11-26-6)19(24)15-8-9-15/h14-15H,7-11H2,1-6H3/t14-/m0/s1. The molecule has 0 radical (unpaired) electrons. The third kappa shape index (κ3) is 4.24. The fourth-order valence-corrected chi connectivity index (χ4v) is 3.43. The zero-order valence-electron chi connectivity index (χ0n) is 17.1. The molecule has 2 rings (SSSR count). The van der Waals surface area contributed by atoms with Gasteiger partial charge in [-0.2, -0.15) is 0 Å². The summed E-state index contributed by atoms with van der Waals surface area (Å²) < 4.78 is 11.9. The largest absolute Gasteiger partial charge is 0.461 e. The second-order valence-corrected chi connectivity index (χ2v) is 7.05. The molecule has 1 aliphatic carbocycles. The number of carbonyl (C=O) groups is 3. The Morgan fingerprint density at radius 1 is 1.26 bits per heavy atom. The third-order valence-corrected chi connectivity index (χ3v) is 5.24. The van der Waals surface area contributed by atoms with E-state index in [4.69, 9.17) is 9.47 Å². The fourth-order valence-electron chi connectivity index (χ4n) is 3.43. The van der Waals surface area contributed by atoms with Crippen molar-refractivity contribution in [3.8, 4) is 0 Å². The number of Topliss-reactive ketones (excluding diaryl/α,β-unsaturated/α-hetero) is 1. The van der Waals surface area contributed by atoms with Crippen LogP contribution in [0.2, 0.25) is 0 Å². The van der Waals surface area contributed by atoms with Crippen LogP contribution in [0.15, 0.2) is 0 Å². The Morgan fingerprint density at radius 2 is 1.89 bits per heavy atom. The van der Waals surface area contributed by atoms with E-state index >= 15 is 0 Å². The van der Waals surface area contributed by atoms with Crippen molar-refractivity contribution in [3.63, 3.8) is 0 Å². The molecule has 7 heteroatoms. The molecule has 1 heterocycles. The van der Waals surface area contributed by atoms with Crippen LogP contribution in [0.25, 0.3) is 0 Å². The molecule has 0 spiro atoms. The molecule has 1 aliphatic rings. The van der Waals surface area contributed by atoms with Crippen LogP contribution < -0.4 is 0 Å². The summed E-state index contributed by atoms with van der Waals surface area (Å²) in [4.78, 5) is 39.8. The van der Waals surface area contributed by atoms with Gasteiger partial charge in [-0.3, -0.25) is 9.59 Å². The lowest BCUT2D eigenvalue weighted by Crippen LogP contribution is -2.46. The van der Waals surface area contributed by atoms with Gasteiger partial charge in [0.15, 0.2) is 5.78 Å². The van der Waals surface area contributed by atoms with Crippen LogP contribution in [0.4, 0.5) is 0 Å². The summed E-state index contributed by atoms with van der Waals surface area (Å²) in [5, 5.41) is 0. The average molecular weight is 378 g/mol. The van der Waals surface area contributed by atoms with Gasteiger partial charge < -0.3 is 18.9 Å². The first-order valence-corrected chi connectivity index (χ1v) is 9.42. The highest BCUT2D eigenvalue weighted by molar-refractivity contribution is 6.06. The normalized spacial score (nSPS) is 14.7. The minimum absolute atomic E-state index is 0.00440. The Balaban J connectivity index is 2.35. The molecule has 0 saturated heterocycles. The van der Waals surface area contributed by atoms with Crippen molar-refractivity contribution >= 4 is 17.7 Å². The highest BCUT2D eigenvalue weighted by atomic mass is 16.5. The molecule has 0 aliphatic heterocycles. The van der Waals surface area contributed by atoms with Gasteiger partial charge in [-0.1, -0.05) is 0 Å². The summed E-state index contributed by atoms with van der Waals surface area (Å²) >= 11 is 0. The molecule has 1 saturated carbocycles. The van der Waals surface area contributed by atoms with E-state index in [0.717, 1.165) is 12.8 Å².